The average molecular weight is 177 g/mol. The highest BCUT2D eigenvalue weighted by atomic mass is 32.2. The van der Waals surface area contributed by atoms with Crippen LogP contribution in [0.15, 0.2) is 35.9 Å². The summed E-state index contributed by atoms with van der Waals surface area (Å²) in [5, 5.41) is 2.76. The molecular formula is C10H11NS. The number of nitrogens with zero attached hydrogens (tertiary/aromatic N) is 1. The lowest BCUT2D eigenvalue weighted by Crippen LogP contribution is -1.97. The molecule has 2 heteroatoms. The molecule has 1 nitrogen and oxygen atoms in total. The van der Waals surface area contributed by atoms with Crippen molar-refractivity contribution in [2.24, 2.45) is 0 Å². The smallest absolute Gasteiger partial charge is 0.0537 e. The van der Waals surface area contributed by atoms with Crippen molar-refractivity contribution in [3.8, 4) is 0 Å². The van der Waals surface area contributed by atoms with Crippen molar-refractivity contribution in [2.45, 2.75) is 18.1 Å². The summed E-state index contributed by atoms with van der Waals surface area (Å²) in [6.07, 6.45) is 6.50. The number of rotatable bonds is 1. The standard InChI is InChI=1S/C10H11NS/c1-3-7-11-9(5-1)10-6-2-4-8-12-10/h1,3-5,7-8,10H,2,6H2. The molecule has 12 heavy (non-hydrogen) atoms. The van der Waals surface area contributed by atoms with Gasteiger partial charge in [-0.15, -0.1) is 11.8 Å². The van der Waals surface area contributed by atoms with Gasteiger partial charge in [-0.1, -0.05) is 12.1 Å². The monoisotopic (exact) mass is 177 g/mol. The Morgan fingerprint density at radius 1 is 1.42 bits per heavy atom. The number of thioether (sulfide) groups is 1. The Hall–Kier alpha value is -0.760. The molecule has 0 N–H and O–H groups in total. The van der Waals surface area contributed by atoms with Gasteiger partial charge in [-0.05, 0) is 30.4 Å². The third-order valence-electron chi connectivity index (χ3n) is 1.95. The van der Waals surface area contributed by atoms with Gasteiger partial charge in [0.25, 0.3) is 0 Å². The molecule has 62 valence electrons. The van der Waals surface area contributed by atoms with E-state index in [2.05, 4.69) is 28.6 Å². The molecule has 0 saturated heterocycles. The van der Waals surface area contributed by atoms with E-state index < -0.39 is 0 Å². The number of aromatic nitrogens is 1. The van der Waals surface area contributed by atoms with E-state index in [1.54, 1.807) is 0 Å². The Labute approximate surface area is 76.9 Å². The quantitative estimate of drug-likeness (QED) is 0.653. The molecule has 1 unspecified atom stereocenters. The number of hydrogen-bond acceptors (Lipinski definition) is 2. The molecule has 1 aliphatic rings. The van der Waals surface area contributed by atoms with Gasteiger partial charge in [0.2, 0.25) is 0 Å². The first kappa shape index (κ1) is 7.87. The molecule has 0 aromatic carbocycles. The molecule has 0 fully saturated rings. The van der Waals surface area contributed by atoms with E-state index in [1.165, 1.54) is 18.5 Å². The molecule has 2 heterocycles. The van der Waals surface area contributed by atoms with Crippen LogP contribution in [0, 0.1) is 0 Å². The highest BCUT2D eigenvalue weighted by molar-refractivity contribution is 8.02. The van der Waals surface area contributed by atoms with Crippen LogP contribution >= 0.6 is 11.8 Å². The Morgan fingerprint density at radius 3 is 3.08 bits per heavy atom. The summed E-state index contributed by atoms with van der Waals surface area (Å²) in [4.78, 5) is 4.35. The maximum Gasteiger partial charge on any atom is 0.0537 e. The van der Waals surface area contributed by atoms with Crippen LogP contribution in [0.4, 0.5) is 0 Å². The average Bonchev–Trinajstić information content (AvgIpc) is 2.21. The van der Waals surface area contributed by atoms with E-state index in [9.17, 15) is 0 Å². The Morgan fingerprint density at radius 2 is 2.42 bits per heavy atom. The van der Waals surface area contributed by atoms with Gasteiger partial charge in [0.05, 0.1) is 10.9 Å². The van der Waals surface area contributed by atoms with Crippen LogP contribution in [0.5, 0.6) is 0 Å². The minimum absolute atomic E-state index is 0.580. The molecule has 0 spiro atoms. The van der Waals surface area contributed by atoms with Crippen LogP contribution in [-0.4, -0.2) is 4.98 Å². The number of pyridine rings is 1. The molecule has 1 aliphatic heterocycles. The summed E-state index contributed by atoms with van der Waals surface area (Å²) in [6, 6.07) is 6.13. The Bertz CT molecular complexity index is 268. The molecule has 0 amide bonds. The lowest BCUT2D eigenvalue weighted by atomic mass is 10.1. The van der Waals surface area contributed by atoms with Crippen molar-refractivity contribution in [3.05, 3.63) is 41.6 Å². The second-order valence-electron chi connectivity index (χ2n) is 2.83. The van der Waals surface area contributed by atoms with Gasteiger partial charge in [0, 0.05) is 6.20 Å². The first-order chi connectivity index (χ1) is 5.97. The van der Waals surface area contributed by atoms with Gasteiger partial charge >= 0.3 is 0 Å². The second-order valence-corrected chi connectivity index (χ2v) is 3.94. The van der Waals surface area contributed by atoms with Crippen LogP contribution in [0.2, 0.25) is 0 Å². The summed E-state index contributed by atoms with van der Waals surface area (Å²) in [5.41, 5.74) is 1.21. The number of allylic oxidation sites excluding steroid dienone is 1. The summed E-state index contributed by atoms with van der Waals surface area (Å²) in [5.74, 6) is 0. The van der Waals surface area contributed by atoms with Gasteiger partial charge < -0.3 is 0 Å². The first-order valence-electron chi connectivity index (χ1n) is 4.18. The minimum atomic E-state index is 0.580. The molecule has 1 aromatic rings. The highest BCUT2D eigenvalue weighted by Gasteiger charge is 2.12. The molecule has 0 radical (unpaired) electrons. The van der Waals surface area contributed by atoms with Crippen LogP contribution in [0.1, 0.15) is 23.8 Å². The Balaban J connectivity index is 2.15. The maximum absolute atomic E-state index is 4.35. The van der Waals surface area contributed by atoms with E-state index in [0.29, 0.717) is 5.25 Å². The predicted octanol–water partition coefficient (Wildman–Crippen LogP) is 3.16. The zero-order valence-corrected chi connectivity index (χ0v) is 7.63. The van der Waals surface area contributed by atoms with E-state index in [4.69, 9.17) is 0 Å². The van der Waals surface area contributed by atoms with Gasteiger partial charge in [0.15, 0.2) is 0 Å². The summed E-state index contributed by atoms with van der Waals surface area (Å²) >= 11 is 1.87. The van der Waals surface area contributed by atoms with Crippen molar-refractivity contribution in [3.63, 3.8) is 0 Å². The minimum Gasteiger partial charge on any atom is -0.260 e. The Kier molecular flexibility index (Phi) is 2.47. The van der Waals surface area contributed by atoms with Crippen LogP contribution in [0.3, 0.4) is 0 Å². The van der Waals surface area contributed by atoms with Gasteiger partial charge in [-0.2, -0.15) is 0 Å². The zero-order chi connectivity index (χ0) is 8.23. The summed E-state index contributed by atoms with van der Waals surface area (Å²) in [7, 11) is 0. The van der Waals surface area contributed by atoms with Crippen molar-refractivity contribution in [1.29, 1.82) is 0 Å². The van der Waals surface area contributed by atoms with Crippen LogP contribution < -0.4 is 0 Å². The van der Waals surface area contributed by atoms with Crippen molar-refractivity contribution >= 4 is 11.8 Å². The van der Waals surface area contributed by atoms with Crippen molar-refractivity contribution < 1.29 is 0 Å². The lowest BCUT2D eigenvalue weighted by molar-refractivity contribution is 0.794. The van der Waals surface area contributed by atoms with E-state index >= 15 is 0 Å². The van der Waals surface area contributed by atoms with E-state index in [1.807, 2.05) is 24.0 Å². The summed E-state index contributed by atoms with van der Waals surface area (Å²) < 4.78 is 0. The van der Waals surface area contributed by atoms with Crippen molar-refractivity contribution in [1.82, 2.24) is 4.98 Å². The normalized spacial score (nSPS) is 22.5. The molecule has 1 atom stereocenters. The lowest BCUT2D eigenvalue weighted by Gasteiger charge is -2.15. The third-order valence-corrected chi connectivity index (χ3v) is 3.11. The molecule has 0 bridgehead atoms. The zero-order valence-electron chi connectivity index (χ0n) is 6.81. The molecule has 0 aliphatic carbocycles. The molecule has 2 rings (SSSR count). The maximum atomic E-state index is 4.35. The predicted molar refractivity (Wildman–Crippen MR) is 52.9 cm³/mol. The fourth-order valence-corrected chi connectivity index (χ4v) is 2.31. The highest BCUT2D eigenvalue weighted by Crippen LogP contribution is 2.35. The first-order valence-corrected chi connectivity index (χ1v) is 5.12. The van der Waals surface area contributed by atoms with Crippen LogP contribution in [0.25, 0.3) is 0 Å². The topological polar surface area (TPSA) is 12.9 Å². The fraction of sp³-hybridized carbons (Fsp3) is 0.300. The molecule has 0 saturated carbocycles. The van der Waals surface area contributed by atoms with Crippen molar-refractivity contribution in [2.75, 3.05) is 0 Å². The van der Waals surface area contributed by atoms with E-state index in [0.717, 1.165) is 0 Å². The summed E-state index contributed by atoms with van der Waals surface area (Å²) in [6.45, 7) is 0. The fourth-order valence-electron chi connectivity index (χ4n) is 1.32. The number of hydrogen-bond donors (Lipinski definition) is 0. The van der Waals surface area contributed by atoms with Crippen LogP contribution in [-0.2, 0) is 0 Å². The SMILES string of the molecule is C1=CSC(c2ccccn2)CC1. The van der Waals surface area contributed by atoms with Gasteiger partial charge in [-0.25, -0.2) is 0 Å². The van der Waals surface area contributed by atoms with E-state index in [-0.39, 0.29) is 0 Å². The largest absolute Gasteiger partial charge is 0.260 e. The second kappa shape index (κ2) is 3.76. The molecule has 1 aromatic heterocycles. The third kappa shape index (κ3) is 1.69. The molecular weight excluding hydrogens is 166 g/mol. The van der Waals surface area contributed by atoms with Gasteiger partial charge in [-0.3, -0.25) is 4.98 Å². The van der Waals surface area contributed by atoms with Gasteiger partial charge in [0.1, 0.15) is 0 Å².